The van der Waals surface area contributed by atoms with Crippen molar-refractivity contribution in [1.29, 1.82) is 5.26 Å². The maximum absolute atomic E-state index is 10.2. The second-order valence-electron chi connectivity index (χ2n) is 7.85. The fraction of sp³-hybridized carbons (Fsp3) is 0.240. The highest BCUT2D eigenvalue weighted by Gasteiger charge is 2.30. The lowest BCUT2D eigenvalue weighted by molar-refractivity contribution is 0.627. The highest BCUT2D eigenvalue weighted by molar-refractivity contribution is 8.93. The van der Waals surface area contributed by atoms with Gasteiger partial charge in [0.25, 0.3) is 0 Å². The van der Waals surface area contributed by atoms with E-state index in [4.69, 9.17) is 0 Å². The van der Waals surface area contributed by atoms with Crippen molar-refractivity contribution in [3.8, 4) is 6.07 Å². The number of nitrogens with zero attached hydrogens (tertiary/aromatic N) is 5. The third-order valence-electron chi connectivity index (χ3n) is 5.75. The topological polar surface area (TPSA) is 57.7 Å². The van der Waals surface area contributed by atoms with Crippen molar-refractivity contribution in [2.45, 2.75) is 39.2 Å². The summed E-state index contributed by atoms with van der Waals surface area (Å²) in [5, 5.41) is 22.1. The molecule has 1 aromatic heterocycles. The van der Waals surface area contributed by atoms with Crippen LogP contribution in [0.25, 0.3) is 11.3 Å². The average molecular weight is 506 g/mol. The second-order valence-corrected chi connectivity index (χ2v) is 8.71. The van der Waals surface area contributed by atoms with Crippen LogP contribution in [0.1, 0.15) is 42.0 Å². The normalized spacial score (nSPS) is 17.0. The van der Waals surface area contributed by atoms with Crippen molar-refractivity contribution in [2.75, 3.05) is 4.90 Å². The highest BCUT2D eigenvalue weighted by atomic mass is 79.9. The van der Waals surface area contributed by atoms with Crippen molar-refractivity contribution in [3.05, 3.63) is 87.8 Å². The van der Waals surface area contributed by atoms with E-state index >= 15 is 0 Å². The van der Waals surface area contributed by atoms with Gasteiger partial charge in [0.2, 0.25) is 0 Å². The van der Waals surface area contributed by atoms with Gasteiger partial charge in [0, 0.05) is 24.1 Å². The Morgan fingerprint density at radius 2 is 1.78 bits per heavy atom. The number of thioether (sulfide) groups is 1. The number of rotatable bonds is 3. The van der Waals surface area contributed by atoms with E-state index in [9.17, 15) is 5.26 Å². The molecule has 0 spiro atoms. The van der Waals surface area contributed by atoms with E-state index in [0.717, 1.165) is 53.6 Å². The number of allylic oxidation sites excluding steroid dienone is 1. The maximum atomic E-state index is 10.2. The van der Waals surface area contributed by atoms with Gasteiger partial charge in [0.05, 0.1) is 5.70 Å². The first-order valence-electron chi connectivity index (χ1n) is 10.6. The van der Waals surface area contributed by atoms with Gasteiger partial charge < -0.3 is 9.47 Å². The fourth-order valence-corrected chi connectivity index (χ4v) is 5.14. The Hall–Kier alpha value is -2.82. The molecule has 5 nitrogen and oxygen atoms in total. The van der Waals surface area contributed by atoms with Crippen LogP contribution in [-0.4, -0.2) is 14.8 Å². The average Bonchev–Trinajstić information content (AvgIpc) is 3.33. The molecule has 0 saturated carbocycles. The summed E-state index contributed by atoms with van der Waals surface area (Å²) in [7, 11) is 0. The molecule has 0 aliphatic carbocycles. The van der Waals surface area contributed by atoms with E-state index < -0.39 is 0 Å². The van der Waals surface area contributed by atoms with Gasteiger partial charge in [-0.1, -0.05) is 66.2 Å². The van der Waals surface area contributed by atoms with Gasteiger partial charge in [-0.3, -0.25) is 0 Å². The standard InChI is InChI=1S/C25H23N5S.BrH/c1-18-11-13-19(14-12-18)22-17-31-25(30(22)20-8-4-2-5-9-20)21(16-26)24-28-27-23-10-6-3-7-15-29(23)24;/h2,4-5,8-9,11-14,17H,3,6-7,10,15H2,1H3;1H/b25-21+;. The summed E-state index contributed by atoms with van der Waals surface area (Å²) >= 11 is 1.58. The molecule has 0 amide bonds. The first-order chi connectivity index (χ1) is 15.3. The zero-order valence-electron chi connectivity index (χ0n) is 17.9. The van der Waals surface area contributed by atoms with E-state index in [-0.39, 0.29) is 17.0 Å². The molecule has 3 heterocycles. The number of benzene rings is 2. The van der Waals surface area contributed by atoms with Crippen LogP contribution in [0.4, 0.5) is 5.69 Å². The van der Waals surface area contributed by atoms with Crippen LogP contribution in [0.2, 0.25) is 0 Å². The van der Waals surface area contributed by atoms with Crippen LogP contribution in [0, 0.1) is 18.3 Å². The monoisotopic (exact) mass is 505 g/mol. The van der Waals surface area contributed by atoms with E-state index in [1.165, 1.54) is 12.0 Å². The van der Waals surface area contributed by atoms with Gasteiger partial charge in [-0.2, -0.15) is 5.26 Å². The molecule has 0 N–H and O–H groups in total. The quantitative estimate of drug-likeness (QED) is 0.389. The third-order valence-corrected chi connectivity index (χ3v) is 6.70. The lowest BCUT2D eigenvalue weighted by Crippen LogP contribution is -2.18. The zero-order valence-corrected chi connectivity index (χ0v) is 20.4. The molecule has 0 unspecified atom stereocenters. The Morgan fingerprint density at radius 1 is 1.00 bits per heavy atom. The summed E-state index contributed by atoms with van der Waals surface area (Å²) in [5.41, 5.74) is 5.01. The number of anilines is 1. The number of hydrogen-bond donors (Lipinski definition) is 0. The molecule has 0 saturated heterocycles. The summed E-state index contributed by atoms with van der Waals surface area (Å²) in [6, 6.07) is 21.2. The Balaban J connectivity index is 0.00000245. The minimum atomic E-state index is 0. The number of aryl methyl sites for hydroxylation is 2. The minimum absolute atomic E-state index is 0. The molecule has 0 atom stereocenters. The lowest BCUT2D eigenvalue weighted by atomic mass is 10.1. The number of nitriles is 1. The Kier molecular flexibility index (Phi) is 6.83. The van der Waals surface area contributed by atoms with Crippen molar-refractivity contribution >= 4 is 45.7 Å². The lowest BCUT2D eigenvalue weighted by Gasteiger charge is -2.25. The van der Waals surface area contributed by atoms with Crippen LogP contribution in [-0.2, 0) is 13.0 Å². The van der Waals surface area contributed by atoms with E-state index in [0.29, 0.717) is 11.4 Å². The number of aromatic nitrogens is 3. The van der Waals surface area contributed by atoms with E-state index in [2.05, 4.69) is 74.5 Å². The van der Waals surface area contributed by atoms with Crippen LogP contribution in [0.15, 0.2) is 65.0 Å². The molecule has 7 heteroatoms. The summed E-state index contributed by atoms with van der Waals surface area (Å²) in [6.45, 7) is 2.96. The SMILES string of the molecule is Br.Cc1ccc(C2=CS/C(=C(\C#N)c3nnc4n3CCCCC4)N2c2ccccc2)cc1. The maximum Gasteiger partial charge on any atom is 0.177 e. The fourth-order valence-electron chi connectivity index (χ4n) is 4.12. The van der Waals surface area contributed by atoms with Gasteiger partial charge in [-0.25, -0.2) is 0 Å². The van der Waals surface area contributed by atoms with Crippen molar-refractivity contribution in [3.63, 3.8) is 0 Å². The van der Waals surface area contributed by atoms with Crippen LogP contribution in [0.5, 0.6) is 0 Å². The van der Waals surface area contributed by atoms with Gasteiger partial charge in [-0.15, -0.1) is 27.2 Å². The predicted octanol–water partition coefficient (Wildman–Crippen LogP) is 6.34. The smallest absolute Gasteiger partial charge is 0.177 e. The van der Waals surface area contributed by atoms with Crippen LogP contribution < -0.4 is 4.90 Å². The molecule has 0 fully saturated rings. The molecule has 32 heavy (non-hydrogen) atoms. The Morgan fingerprint density at radius 3 is 2.53 bits per heavy atom. The third kappa shape index (κ3) is 4.13. The predicted molar refractivity (Wildman–Crippen MR) is 136 cm³/mol. The van der Waals surface area contributed by atoms with Gasteiger partial charge >= 0.3 is 0 Å². The molecule has 162 valence electrons. The van der Waals surface area contributed by atoms with E-state index in [1.807, 2.05) is 18.2 Å². The van der Waals surface area contributed by atoms with Crippen molar-refractivity contribution < 1.29 is 0 Å². The summed E-state index contributed by atoms with van der Waals surface area (Å²) in [6.07, 6.45) is 4.32. The molecular weight excluding hydrogens is 482 g/mol. The first-order valence-corrected chi connectivity index (χ1v) is 11.5. The molecule has 2 aliphatic rings. The summed E-state index contributed by atoms with van der Waals surface area (Å²) in [4.78, 5) is 2.17. The Bertz CT molecular complexity index is 1210. The zero-order chi connectivity index (χ0) is 21.2. The van der Waals surface area contributed by atoms with Crippen molar-refractivity contribution in [2.24, 2.45) is 0 Å². The minimum Gasteiger partial charge on any atom is -0.310 e. The summed E-state index contributed by atoms with van der Waals surface area (Å²) < 4.78 is 2.14. The second kappa shape index (κ2) is 9.76. The van der Waals surface area contributed by atoms with Gasteiger partial charge in [0.15, 0.2) is 5.82 Å². The summed E-state index contributed by atoms with van der Waals surface area (Å²) in [5.74, 6) is 1.67. The molecule has 5 rings (SSSR count). The van der Waals surface area contributed by atoms with E-state index in [1.54, 1.807) is 11.8 Å². The number of halogens is 1. The largest absolute Gasteiger partial charge is 0.310 e. The number of para-hydroxylation sites is 1. The van der Waals surface area contributed by atoms with Crippen molar-refractivity contribution in [1.82, 2.24) is 14.8 Å². The Labute approximate surface area is 203 Å². The van der Waals surface area contributed by atoms with Gasteiger partial charge in [-0.05, 0) is 37.5 Å². The molecule has 2 aromatic carbocycles. The number of fused-ring (bicyclic) bond motifs is 1. The first kappa shape index (κ1) is 22.4. The van der Waals surface area contributed by atoms with Crippen LogP contribution in [0.3, 0.4) is 0 Å². The van der Waals surface area contributed by atoms with Gasteiger partial charge in [0.1, 0.15) is 22.5 Å². The van der Waals surface area contributed by atoms with Crippen LogP contribution >= 0.6 is 28.7 Å². The molecule has 0 radical (unpaired) electrons. The highest BCUT2D eigenvalue weighted by Crippen LogP contribution is 2.46. The molecule has 0 bridgehead atoms. The number of hydrogen-bond acceptors (Lipinski definition) is 5. The molecular formula is C25H24BrN5S. The molecule has 2 aliphatic heterocycles. The molecule has 3 aromatic rings.